The highest BCUT2D eigenvalue weighted by Crippen LogP contribution is 2.18. The number of carbonyl (C=O) groups is 2. The van der Waals surface area contributed by atoms with Crippen LogP contribution in [-0.4, -0.2) is 31.0 Å². The van der Waals surface area contributed by atoms with Gasteiger partial charge in [-0.15, -0.1) is 0 Å². The Morgan fingerprint density at radius 1 is 0.963 bits per heavy atom. The lowest BCUT2D eigenvalue weighted by atomic mass is 10.2. The molecule has 0 saturated carbocycles. The van der Waals surface area contributed by atoms with Gasteiger partial charge in [0, 0.05) is 24.6 Å². The monoisotopic (exact) mass is 361 g/mol. The number of carbonyl (C=O) groups excluding carboxylic acids is 2. The number of nitrogens with zero attached hydrogens (tertiary/aromatic N) is 2. The lowest BCUT2D eigenvalue weighted by Crippen LogP contribution is -2.26. The topological polar surface area (TPSA) is 71.5 Å². The first-order chi connectivity index (χ1) is 13.1. The SMILES string of the molecule is COC(=O)c1cccc(Nc2ccc(C(=O)N(C)c3ccccc3)cn2)c1. The molecule has 1 heterocycles. The highest BCUT2D eigenvalue weighted by Gasteiger charge is 2.13. The number of anilines is 3. The summed E-state index contributed by atoms with van der Waals surface area (Å²) >= 11 is 0. The quantitative estimate of drug-likeness (QED) is 0.698. The molecule has 0 aliphatic rings. The summed E-state index contributed by atoms with van der Waals surface area (Å²) in [7, 11) is 3.06. The number of hydrogen-bond acceptors (Lipinski definition) is 5. The van der Waals surface area contributed by atoms with Crippen LogP contribution in [0, 0.1) is 0 Å². The molecule has 0 spiro atoms. The van der Waals surface area contributed by atoms with Gasteiger partial charge in [-0.1, -0.05) is 24.3 Å². The Balaban J connectivity index is 1.72. The van der Waals surface area contributed by atoms with E-state index in [1.54, 1.807) is 42.3 Å². The molecule has 0 fully saturated rings. The Morgan fingerprint density at radius 3 is 2.41 bits per heavy atom. The van der Waals surface area contributed by atoms with Crippen LogP contribution in [0.15, 0.2) is 72.9 Å². The van der Waals surface area contributed by atoms with E-state index < -0.39 is 5.97 Å². The standard InChI is InChI=1S/C21H19N3O3/c1-24(18-9-4-3-5-10-18)20(25)16-11-12-19(22-14-16)23-17-8-6-7-15(13-17)21(26)27-2/h3-14H,1-2H3,(H,22,23). The van der Waals surface area contributed by atoms with Gasteiger partial charge in [-0.05, 0) is 42.5 Å². The first kappa shape index (κ1) is 18.1. The summed E-state index contributed by atoms with van der Waals surface area (Å²) in [5.74, 6) is 0.0142. The van der Waals surface area contributed by atoms with E-state index in [4.69, 9.17) is 4.74 Å². The molecule has 0 saturated heterocycles. The smallest absolute Gasteiger partial charge is 0.337 e. The molecule has 1 N–H and O–H groups in total. The molecule has 0 atom stereocenters. The third-order valence-corrected chi connectivity index (χ3v) is 4.01. The van der Waals surface area contributed by atoms with E-state index in [-0.39, 0.29) is 5.91 Å². The van der Waals surface area contributed by atoms with Crippen LogP contribution in [0.25, 0.3) is 0 Å². The van der Waals surface area contributed by atoms with Crippen molar-refractivity contribution < 1.29 is 14.3 Å². The summed E-state index contributed by atoms with van der Waals surface area (Å²) in [5.41, 5.74) is 2.43. The minimum absolute atomic E-state index is 0.145. The molecule has 136 valence electrons. The largest absolute Gasteiger partial charge is 0.465 e. The number of pyridine rings is 1. The molecule has 27 heavy (non-hydrogen) atoms. The summed E-state index contributed by atoms with van der Waals surface area (Å²) in [5, 5.41) is 3.11. The molecule has 1 aromatic heterocycles. The minimum Gasteiger partial charge on any atom is -0.465 e. The van der Waals surface area contributed by atoms with E-state index >= 15 is 0 Å². The highest BCUT2D eigenvalue weighted by molar-refractivity contribution is 6.05. The minimum atomic E-state index is -0.406. The van der Waals surface area contributed by atoms with Crippen molar-refractivity contribution >= 4 is 29.1 Å². The van der Waals surface area contributed by atoms with Crippen LogP contribution < -0.4 is 10.2 Å². The molecule has 0 radical (unpaired) electrons. The maximum atomic E-state index is 12.6. The Labute approximate surface area is 157 Å². The predicted octanol–water partition coefficient (Wildman–Crippen LogP) is 3.89. The van der Waals surface area contributed by atoms with Crippen LogP contribution in [0.5, 0.6) is 0 Å². The molecule has 1 amide bonds. The van der Waals surface area contributed by atoms with Crippen molar-refractivity contribution in [2.45, 2.75) is 0 Å². The molecule has 0 aliphatic carbocycles. The molecular weight excluding hydrogens is 342 g/mol. The summed E-state index contributed by atoms with van der Waals surface area (Å²) in [6.07, 6.45) is 1.52. The molecule has 3 rings (SSSR count). The van der Waals surface area contributed by atoms with E-state index in [2.05, 4.69) is 10.3 Å². The van der Waals surface area contributed by atoms with Gasteiger partial charge in [0.1, 0.15) is 5.82 Å². The molecule has 0 unspecified atom stereocenters. The molecule has 0 bridgehead atoms. The summed E-state index contributed by atoms with van der Waals surface area (Å²) in [4.78, 5) is 30.1. The van der Waals surface area contributed by atoms with Crippen molar-refractivity contribution in [2.75, 3.05) is 24.4 Å². The number of ether oxygens (including phenoxy) is 1. The Hall–Kier alpha value is -3.67. The second-order valence-electron chi connectivity index (χ2n) is 5.83. The number of benzene rings is 2. The molecule has 3 aromatic rings. The Bertz CT molecular complexity index is 940. The Kier molecular flexibility index (Phi) is 5.47. The van der Waals surface area contributed by atoms with Crippen molar-refractivity contribution in [3.63, 3.8) is 0 Å². The average molecular weight is 361 g/mol. The van der Waals surface area contributed by atoms with Gasteiger partial charge in [-0.25, -0.2) is 9.78 Å². The maximum absolute atomic E-state index is 12.6. The van der Waals surface area contributed by atoms with Crippen LogP contribution in [0.1, 0.15) is 20.7 Å². The van der Waals surface area contributed by atoms with Gasteiger partial charge >= 0.3 is 5.97 Å². The number of rotatable bonds is 5. The number of para-hydroxylation sites is 1. The summed E-state index contributed by atoms with van der Waals surface area (Å²) in [6.45, 7) is 0. The van der Waals surface area contributed by atoms with Crippen LogP contribution in [0.2, 0.25) is 0 Å². The molecule has 0 aliphatic heterocycles. The number of nitrogens with one attached hydrogen (secondary N) is 1. The highest BCUT2D eigenvalue weighted by atomic mass is 16.5. The Morgan fingerprint density at radius 2 is 1.74 bits per heavy atom. The zero-order valence-electron chi connectivity index (χ0n) is 15.0. The fourth-order valence-electron chi connectivity index (χ4n) is 2.55. The summed E-state index contributed by atoms with van der Waals surface area (Å²) in [6, 6.07) is 19.8. The second kappa shape index (κ2) is 8.14. The molecule has 2 aromatic carbocycles. The van der Waals surface area contributed by atoms with Gasteiger partial charge in [-0.2, -0.15) is 0 Å². The maximum Gasteiger partial charge on any atom is 0.337 e. The number of hydrogen-bond donors (Lipinski definition) is 1. The van der Waals surface area contributed by atoms with Gasteiger partial charge in [0.05, 0.1) is 18.2 Å². The lowest BCUT2D eigenvalue weighted by Gasteiger charge is -2.17. The first-order valence-corrected chi connectivity index (χ1v) is 8.33. The van der Waals surface area contributed by atoms with E-state index in [9.17, 15) is 9.59 Å². The number of amides is 1. The van der Waals surface area contributed by atoms with Crippen molar-refractivity contribution in [3.05, 3.63) is 84.1 Å². The van der Waals surface area contributed by atoms with Crippen molar-refractivity contribution in [1.82, 2.24) is 4.98 Å². The third kappa shape index (κ3) is 4.30. The van der Waals surface area contributed by atoms with Gasteiger partial charge in [0.2, 0.25) is 0 Å². The van der Waals surface area contributed by atoms with E-state index in [0.29, 0.717) is 22.6 Å². The van der Waals surface area contributed by atoms with Crippen LogP contribution in [0.4, 0.5) is 17.2 Å². The zero-order chi connectivity index (χ0) is 19.2. The van der Waals surface area contributed by atoms with E-state index in [0.717, 1.165) is 5.69 Å². The van der Waals surface area contributed by atoms with E-state index in [1.807, 2.05) is 36.4 Å². The van der Waals surface area contributed by atoms with Crippen LogP contribution in [-0.2, 0) is 4.74 Å². The van der Waals surface area contributed by atoms with Gasteiger partial charge in [0.15, 0.2) is 0 Å². The first-order valence-electron chi connectivity index (χ1n) is 8.33. The second-order valence-corrected chi connectivity index (χ2v) is 5.83. The van der Waals surface area contributed by atoms with Gasteiger partial charge in [-0.3, -0.25) is 4.79 Å². The number of esters is 1. The van der Waals surface area contributed by atoms with Crippen molar-refractivity contribution in [3.8, 4) is 0 Å². The third-order valence-electron chi connectivity index (χ3n) is 4.01. The lowest BCUT2D eigenvalue weighted by molar-refractivity contribution is 0.0600. The van der Waals surface area contributed by atoms with E-state index in [1.165, 1.54) is 13.3 Å². The van der Waals surface area contributed by atoms with Gasteiger partial charge < -0.3 is 15.0 Å². The van der Waals surface area contributed by atoms with Gasteiger partial charge in [0.25, 0.3) is 5.91 Å². The molecule has 6 nitrogen and oxygen atoms in total. The molecule has 6 heteroatoms. The number of aromatic nitrogens is 1. The average Bonchev–Trinajstić information content (AvgIpc) is 2.73. The number of methoxy groups -OCH3 is 1. The van der Waals surface area contributed by atoms with Crippen molar-refractivity contribution in [1.29, 1.82) is 0 Å². The normalized spacial score (nSPS) is 10.1. The fraction of sp³-hybridized carbons (Fsp3) is 0.0952. The summed E-state index contributed by atoms with van der Waals surface area (Å²) < 4.78 is 4.72. The fourth-order valence-corrected chi connectivity index (χ4v) is 2.55. The zero-order valence-corrected chi connectivity index (χ0v) is 15.0. The van der Waals surface area contributed by atoms with Crippen LogP contribution in [0.3, 0.4) is 0 Å². The predicted molar refractivity (Wildman–Crippen MR) is 104 cm³/mol. The van der Waals surface area contributed by atoms with Crippen LogP contribution >= 0.6 is 0 Å². The molecular formula is C21H19N3O3. The van der Waals surface area contributed by atoms with Crippen molar-refractivity contribution in [2.24, 2.45) is 0 Å².